The molecule has 1 aromatic rings. The minimum atomic E-state index is -0.433. The summed E-state index contributed by atoms with van der Waals surface area (Å²) in [5, 5.41) is 23.3. The molecule has 6 heteroatoms. The molecule has 0 radical (unpaired) electrons. The fourth-order valence-electron chi connectivity index (χ4n) is 2.87. The van der Waals surface area contributed by atoms with Gasteiger partial charge in [0.25, 0.3) is 5.69 Å². The molecule has 0 amide bonds. The Hall–Kier alpha value is -2.13. The first-order valence-electron chi connectivity index (χ1n) is 7.67. The highest BCUT2D eigenvalue weighted by Gasteiger charge is 2.22. The van der Waals surface area contributed by atoms with E-state index in [1.165, 1.54) is 6.07 Å². The zero-order chi connectivity index (χ0) is 16.1. The molecule has 22 heavy (non-hydrogen) atoms. The molecule has 0 aliphatic carbocycles. The SMILES string of the molecule is CC(C)CN1CCC(Nc2ccc(C#N)cc2[N+](=O)[O-])CC1. The van der Waals surface area contributed by atoms with Crippen molar-refractivity contribution in [1.82, 2.24) is 4.90 Å². The lowest BCUT2D eigenvalue weighted by Crippen LogP contribution is -2.40. The van der Waals surface area contributed by atoms with Gasteiger partial charge in [0.1, 0.15) is 5.69 Å². The zero-order valence-electron chi connectivity index (χ0n) is 13.1. The van der Waals surface area contributed by atoms with Crippen molar-refractivity contribution in [1.29, 1.82) is 5.26 Å². The van der Waals surface area contributed by atoms with Crippen molar-refractivity contribution in [3.05, 3.63) is 33.9 Å². The lowest BCUT2D eigenvalue weighted by molar-refractivity contribution is -0.384. The number of rotatable bonds is 5. The van der Waals surface area contributed by atoms with Crippen LogP contribution in [0.1, 0.15) is 32.3 Å². The molecule has 1 aromatic carbocycles. The molecule has 1 saturated heterocycles. The second-order valence-electron chi connectivity index (χ2n) is 6.21. The number of piperidine rings is 1. The van der Waals surface area contributed by atoms with Crippen molar-refractivity contribution in [2.75, 3.05) is 25.0 Å². The third-order valence-electron chi connectivity index (χ3n) is 3.89. The van der Waals surface area contributed by atoms with Crippen LogP contribution in [0.25, 0.3) is 0 Å². The molecule has 1 aliphatic rings. The van der Waals surface area contributed by atoms with Gasteiger partial charge in [-0.05, 0) is 30.9 Å². The van der Waals surface area contributed by atoms with Crippen LogP contribution < -0.4 is 5.32 Å². The summed E-state index contributed by atoms with van der Waals surface area (Å²) < 4.78 is 0. The van der Waals surface area contributed by atoms with E-state index in [0.717, 1.165) is 32.5 Å². The van der Waals surface area contributed by atoms with Gasteiger partial charge in [0.05, 0.1) is 16.6 Å². The van der Waals surface area contributed by atoms with E-state index < -0.39 is 4.92 Å². The number of hydrogen-bond acceptors (Lipinski definition) is 5. The first-order valence-corrected chi connectivity index (χ1v) is 7.67. The molecular formula is C16H22N4O2. The Bertz CT molecular complexity index is 572. The Morgan fingerprint density at radius 3 is 2.68 bits per heavy atom. The van der Waals surface area contributed by atoms with Crippen LogP contribution in [0.3, 0.4) is 0 Å². The standard InChI is InChI=1S/C16H22N4O2/c1-12(2)11-19-7-5-14(6-8-19)18-15-4-3-13(10-17)9-16(15)20(21)22/h3-4,9,12,14,18H,5-8,11H2,1-2H3. The monoisotopic (exact) mass is 302 g/mol. The molecular weight excluding hydrogens is 280 g/mol. The molecule has 0 saturated carbocycles. The Kier molecular flexibility index (Phi) is 5.34. The van der Waals surface area contributed by atoms with Crippen LogP contribution in [-0.2, 0) is 0 Å². The zero-order valence-corrected chi connectivity index (χ0v) is 13.1. The molecule has 1 heterocycles. The molecule has 1 N–H and O–H groups in total. The maximum atomic E-state index is 11.2. The van der Waals surface area contributed by atoms with E-state index >= 15 is 0 Å². The van der Waals surface area contributed by atoms with Crippen LogP contribution in [0.2, 0.25) is 0 Å². The molecule has 1 fully saturated rings. The number of nitriles is 1. The summed E-state index contributed by atoms with van der Waals surface area (Å²) in [5.74, 6) is 0.657. The minimum Gasteiger partial charge on any atom is -0.377 e. The van der Waals surface area contributed by atoms with Crippen molar-refractivity contribution in [2.45, 2.75) is 32.7 Å². The van der Waals surface area contributed by atoms with E-state index in [2.05, 4.69) is 24.1 Å². The van der Waals surface area contributed by atoms with Crippen LogP contribution >= 0.6 is 0 Å². The number of nitro groups is 1. The average molecular weight is 302 g/mol. The van der Waals surface area contributed by atoms with E-state index in [9.17, 15) is 10.1 Å². The van der Waals surface area contributed by atoms with Crippen LogP contribution in [0.4, 0.5) is 11.4 Å². The third-order valence-corrected chi connectivity index (χ3v) is 3.89. The first kappa shape index (κ1) is 16.2. The summed E-state index contributed by atoms with van der Waals surface area (Å²) in [6.07, 6.45) is 1.95. The highest BCUT2D eigenvalue weighted by atomic mass is 16.6. The number of benzene rings is 1. The van der Waals surface area contributed by atoms with Crippen LogP contribution in [0.5, 0.6) is 0 Å². The first-order chi connectivity index (χ1) is 10.5. The van der Waals surface area contributed by atoms with E-state index in [1.54, 1.807) is 12.1 Å². The highest BCUT2D eigenvalue weighted by molar-refractivity contribution is 5.64. The third kappa shape index (κ3) is 4.18. The number of nitrogens with one attached hydrogen (secondary N) is 1. The van der Waals surface area contributed by atoms with Crippen molar-refractivity contribution in [3.8, 4) is 6.07 Å². The fraction of sp³-hybridized carbons (Fsp3) is 0.562. The van der Waals surface area contributed by atoms with E-state index in [-0.39, 0.29) is 11.7 Å². The summed E-state index contributed by atoms with van der Waals surface area (Å²) >= 11 is 0. The largest absolute Gasteiger partial charge is 0.377 e. The number of hydrogen-bond donors (Lipinski definition) is 1. The molecule has 0 aromatic heterocycles. The van der Waals surface area contributed by atoms with Crippen LogP contribution in [0, 0.1) is 27.4 Å². The van der Waals surface area contributed by atoms with Gasteiger partial charge < -0.3 is 10.2 Å². The average Bonchev–Trinajstić information content (AvgIpc) is 2.49. The number of nitrogens with zero attached hydrogens (tertiary/aromatic N) is 3. The Morgan fingerprint density at radius 2 is 2.14 bits per heavy atom. The van der Waals surface area contributed by atoms with Crippen molar-refractivity contribution < 1.29 is 4.92 Å². The predicted molar refractivity (Wildman–Crippen MR) is 85.7 cm³/mol. The van der Waals surface area contributed by atoms with Crippen LogP contribution in [-0.4, -0.2) is 35.5 Å². The van der Waals surface area contributed by atoms with Gasteiger partial charge in [-0.25, -0.2) is 0 Å². The molecule has 0 atom stereocenters. The number of anilines is 1. The van der Waals surface area contributed by atoms with Crippen LogP contribution in [0.15, 0.2) is 18.2 Å². The molecule has 6 nitrogen and oxygen atoms in total. The smallest absolute Gasteiger partial charge is 0.293 e. The highest BCUT2D eigenvalue weighted by Crippen LogP contribution is 2.27. The predicted octanol–water partition coefficient (Wildman–Crippen LogP) is 3.00. The van der Waals surface area contributed by atoms with Crippen molar-refractivity contribution >= 4 is 11.4 Å². The van der Waals surface area contributed by atoms with Crippen molar-refractivity contribution in [2.24, 2.45) is 5.92 Å². The lowest BCUT2D eigenvalue weighted by Gasteiger charge is -2.33. The van der Waals surface area contributed by atoms with Crippen molar-refractivity contribution in [3.63, 3.8) is 0 Å². The molecule has 118 valence electrons. The Morgan fingerprint density at radius 1 is 1.45 bits per heavy atom. The summed E-state index contributed by atoms with van der Waals surface area (Å²) in [6.45, 7) is 7.55. The summed E-state index contributed by atoms with van der Waals surface area (Å²) in [6, 6.07) is 6.76. The molecule has 0 spiro atoms. The van der Waals surface area contributed by atoms with E-state index in [1.807, 2.05) is 6.07 Å². The molecule has 1 aliphatic heterocycles. The van der Waals surface area contributed by atoms with E-state index in [4.69, 9.17) is 5.26 Å². The molecule has 2 rings (SSSR count). The summed E-state index contributed by atoms with van der Waals surface area (Å²) in [5.41, 5.74) is 0.791. The van der Waals surface area contributed by atoms with Gasteiger partial charge in [-0.2, -0.15) is 5.26 Å². The second kappa shape index (κ2) is 7.23. The quantitative estimate of drug-likeness (QED) is 0.668. The maximum Gasteiger partial charge on any atom is 0.293 e. The van der Waals surface area contributed by atoms with Gasteiger partial charge in [-0.3, -0.25) is 10.1 Å². The normalized spacial score (nSPS) is 16.5. The Labute approximate surface area is 130 Å². The van der Waals surface area contributed by atoms with Gasteiger partial charge in [-0.15, -0.1) is 0 Å². The fourth-order valence-corrected chi connectivity index (χ4v) is 2.87. The van der Waals surface area contributed by atoms with Gasteiger partial charge in [0.2, 0.25) is 0 Å². The van der Waals surface area contributed by atoms with E-state index in [0.29, 0.717) is 17.2 Å². The lowest BCUT2D eigenvalue weighted by atomic mass is 10.0. The summed E-state index contributed by atoms with van der Waals surface area (Å²) in [7, 11) is 0. The summed E-state index contributed by atoms with van der Waals surface area (Å²) in [4.78, 5) is 13.2. The molecule has 0 bridgehead atoms. The number of likely N-dealkylation sites (tertiary alicyclic amines) is 1. The molecule has 0 unspecified atom stereocenters. The second-order valence-corrected chi connectivity index (χ2v) is 6.21. The Balaban J connectivity index is 2.00. The topological polar surface area (TPSA) is 82.2 Å². The maximum absolute atomic E-state index is 11.2. The minimum absolute atomic E-state index is 0.0244. The number of nitro benzene ring substituents is 1. The van der Waals surface area contributed by atoms with Gasteiger partial charge in [0.15, 0.2) is 0 Å². The van der Waals surface area contributed by atoms with Gasteiger partial charge in [0, 0.05) is 31.7 Å². The van der Waals surface area contributed by atoms with Gasteiger partial charge >= 0.3 is 0 Å². The van der Waals surface area contributed by atoms with Gasteiger partial charge in [-0.1, -0.05) is 13.8 Å².